The van der Waals surface area contributed by atoms with Crippen LogP contribution < -0.4 is 15.4 Å². The van der Waals surface area contributed by atoms with Crippen molar-refractivity contribution in [1.29, 1.82) is 5.26 Å². The summed E-state index contributed by atoms with van der Waals surface area (Å²) < 4.78 is 5.76. The molecule has 0 heterocycles. The number of nitrogens with one attached hydrogen (secondary N) is 2. The molecule has 0 saturated heterocycles. The molecule has 0 saturated carbocycles. The first-order valence-corrected chi connectivity index (χ1v) is 9.00. The lowest BCUT2D eigenvalue weighted by molar-refractivity contribution is -0.122. The van der Waals surface area contributed by atoms with Crippen LogP contribution in [0.2, 0.25) is 0 Å². The summed E-state index contributed by atoms with van der Waals surface area (Å²) in [4.78, 5) is 25.1. The molecule has 0 unspecified atom stereocenters. The van der Waals surface area contributed by atoms with Crippen molar-refractivity contribution in [2.24, 2.45) is 0 Å². The van der Waals surface area contributed by atoms with Crippen LogP contribution in [0.5, 0.6) is 5.75 Å². The number of anilines is 2. The van der Waals surface area contributed by atoms with E-state index in [1.807, 2.05) is 24.3 Å². The lowest BCUT2D eigenvalue weighted by Gasteiger charge is -2.17. The Morgan fingerprint density at radius 3 is 2.34 bits per heavy atom. The van der Waals surface area contributed by atoms with Crippen molar-refractivity contribution in [3.63, 3.8) is 0 Å². The second-order valence-corrected chi connectivity index (χ2v) is 6.26. The molecule has 0 aliphatic rings. The first-order valence-electron chi connectivity index (χ1n) is 9.00. The molecule has 0 radical (unpaired) electrons. The van der Waals surface area contributed by atoms with E-state index in [2.05, 4.69) is 10.6 Å². The van der Waals surface area contributed by atoms with E-state index in [-0.39, 0.29) is 5.91 Å². The Hall–Kier alpha value is -4.11. The first-order chi connectivity index (χ1) is 14.1. The highest BCUT2D eigenvalue weighted by molar-refractivity contribution is 6.06. The van der Waals surface area contributed by atoms with Crippen molar-refractivity contribution in [2.45, 2.75) is 13.0 Å². The Labute approximate surface area is 168 Å². The Bertz CT molecular complexity index is 1060. The van der Waals surface area contributed by atoms with Gasteiger partial charge < -0.3 is 15.4 Å². The van der Waals surface area contributed by atoms with Crippen LogP contribution in [0.1, 0.15) is 22.8 Å². The number of carbonyl (C=O) groups is 2. The molecule has 2 N–H and O–H groups in total. The predicted molar refractivity (Wildman–Crippen MR) is 111 cm³/mol. The largest absolute Gasteiger partial charge is 0.480 e. The van der Waals surface area contributed by atoms with Gasteiger partial charge in [0.05, 0.1) is 17.2 Å². The van der Waals surface area contributed by atoms with Gasteiger partial charge in [0.25, 0.3) is 11.8 Å². The minimum absolute atomic E-state index is 0.300. The summed E-state index contributed by atoms with van der Waals surface area (Å²) in [5.74, 6) is -0.422. The van der Waals surface area contributed by atoms with Crippen LogP contribution in [0.4, 0.5) is 11.4 Å². The van der Waals surface area contributed by atoms with E-state index in [9.17, 15) is 9.59 Å². The van der Waals surface area contributed by atoms with Gasteiger partial charge in [0.1, 0.15) is 5.75 Å². The quantitative estimate of drug-likeness (QED) is 0.665. The average Bonchev–Trinajstić information content (AvgIpc) is 2.75. The van der Waals surface area contributed by atoms with Gasteiger partial charge in [-0.3, -0.25) is 9.59 Å². The molecule has 29 heavy (non-hydrogen) atoms. The summed E-state index contributed by atoms with van der Waals surface area (Å²) in [5, 5.41) is 14.5. The average molecular weight is 385 g/mol. The smallest absolute Gasteiger partial charge is 0.265 e. The molecule has 3 aromatic rings. The van der Waals surface area contributed by atoms with Crippen LogP contribution in [0.3, 0.4) is 0 Å². The molecule has 2 amide bonds. The van der Waals surface area contributed by atoms with Crippen molar-refractivity contribution in [3.8, 4) is 11.8 Å². The molecule has 6 nitrogen and oxygen atoms in total. The zero-order valence-electron chi connectivity index (χ0n) is 15.8. The third kappa shape index (κ3) is 5.21. The summed E-state index contributed by atoms with van der Waals surface area (Å²) >= 11 is 0. The van der Waals surface area contributed by atoms with E-state index < -0.39 is 12.0 Å². The van der Waals surface area contributed by atoms with Gasteiger partial charge in [-0.05, 0) is 49.4 Å². The Kier molecular flexibility index (Phi) is 6.23. The first kappa shape index (κ1) is 19.6. The number of carbonyl (C=O) groups excluding carboxylic acids is 2. The second-order valence-electron chi connectivity index (χ2n) is 6.26. The fourth-order valence-corrected chi connectivity index (χ4v) is 2.63. The van der Waals surface area contributed by atoms with Crippen LogP contribution in [0, 0.1) is 11.3 Å². The fraction of sp³-hybridized carbons (Fsp3) is 0.0870. The maximum Gasteiger partial charge on any atom is 0.265 e. The standard InChI is InChI=1S/C23H19N3O3/c1-16(22(27)26-19-11-7-8-17(14-19)15-24)29-21-13-6-5-12-20(21)23(28)25-18-9-3-2-4-10-18/h2-14,16H,1H3,(H,25,28)(H,26,27)/t16-/m0/s1. The molecule has 0 bridgehead atoms. The maximum absolute atomic E-state index is 12.6. The van der Waals surface area contributed by atoms with Gasteiger partial charge in [0.2, 0.25) is 0 Å². The van der Waals surface area contributed by atoms with Crippen LogP contribution >= 0.6 is 0 Å². The minimum atomic E-state index is -0.855. The molecular weight excluding hydrogens is 366 g/mol. The van der Waals surface area contributed by atoms with Gasteiger partial charge >= 0.3 is 0 Å². The number of benzene rings is 3. The molecule has 0 aliphatic heterocycles. The van der Waals surface area contributed by atoms with E-state index in [0.717, 1.165) is 0 Å². The molecular formula is C23H19N3O3. The number of nitrogens with zero attached hydrogens (tertiary/aromatic N) is 1. The number of hydrogen-bond donors (Lipinski definition) is 2. The van der Waals surface area contributed by atoms with Gasteiger partial charge in [-0.15, -0.1) is 0 Å². The Morgan fingerprint density at radius 1 is 0.897 bits per heavy atom. The molecule has 0 fully saturated rings. The molecule has 6 heteroatoms. The molecule has 144 valence electrons. The number of ether oxygens (including phenoxy) is 1. The summed E-state index contributed by atoms with van der Waals surface area (Å²) in [6, 6.07) is 24.4. The van der Waals surface area contributed by atoms with Crippen LogP contribution in [0.15, 0.2) is 78.9 Å². The fourth-order valence-electron chi connectivity index (χ4n) is 2.63. The highest BCUT2D eigenvalue weighted by Gasteiger charge is 2.19. The van der Waals surface area contributed by atoms with E-state index >= 15 is 0 Å². The topological polar surface area (TPSA) is 91.2 Å². The molecule has 1 atom stereocenters. The number of amides is 2. The number of para-hydroxylation sites is 2. The SMILES string of the molecule is C[C@H](Oc1ccccc1C(=O)Nc1ccccc1)C(=O)Nc1cccc(C#N)c1. The third-order valence-corrected chi connectivity index (χ3v) is 4.10. The maximum atomic E-state index is 12.6. The zero-order valence-corrected chi connectivity index (χ0v) is 15.8. The monoisotopic (exact) mass is 385 g/mol. The molecule has 3 aromatic carbocycles. The normalized spacial score (nSPS) is 11.0. The molecule has 0 aromatic heterocycles. The molecule has 0 spiro atoms. The minimum Gasteiger partial charge on any atom is -0.480 e. The Balaban J connectivity index is 1.70. The van der Waals surface area contributed by atoms with E-state index in [1.165, 1.54) is 0 Å². The van der Waals surface area contributed by atoms with Gasteiger partial charge in [-0.1, -0.05) is 36.4 Å². The van der Waals surface area contributed by atoms with Crippen molar-refractivity contribution in [1.82, 2.24) is 0 Å². The van der Waals surface area contributed by atoms with Crippen molar-refractivity contribution in [2.75, 3.05) is 10.6 Å². The van der Waals surface area contributed by atoms with E-state index in [0.29, 0.717) is 28.3 Å². The van der Waals surface area contributed by atoms with Crippen molar-refractivity contribution >= 4 is 23.2 Å². The highest BCUT2D eigenvalue weighted by Crippen LogP contribution is 2.21. The van der Waals surface area contributed by atoms with Gasteiger partial charge in [0, 0.05) is 11.4 Å². The van der Waals surface area contributed by atoms with E-state index in [4.69, 9.17) is 10.00 Å². The predicted octanol–water partition coefficient (Wildman–Crippen LogP) is 4.22. The number of nitriles is 1. The van der Waals surface area contributed by atoms with Gasteiger partial charge in [-0.2, -0.15) is 5.26 Å². The third-order valence-electron chi connectivity index (χ3n) is 4.10. The Morgan fingerprint density at radius 2 is 1.59 bits per heavy atom. The van der Waals surface area contributed by atoms with Gasteiger partial charge in [-0.25, -0.2) is 0 Å². The lowest BCUT2D eigenvalue weighted by Crippen LogP contribution is -2.30. The van der Waals surface area contributed by atoms with Crippen LogP contribution in [-0.4, -0.2) is 17.9 Å². The highest BCUT2D eigenvalue weighted by atomic mass is 16.5. The summed E-state index contributed by atoms with van der Waals surface area (Å²) in [6.45, 7) is 1.59. The summed E-state index contributed by atoms with van der Waals surface area (Å²) in [5.41, 5.74) is 1.93. The van der Waals surface area contributed by atoms with E-state index in [1.54, 1.807) is 67.6 Å². The second kappa shape index (κ2) is 9.20. The van der Waals surface area contributed by atoms with Crippen LogP contribution in [-0.2, 0) is 4.79 Å². The summed E-state index contributed by atoms with van der Waals surface area (Å²) in [6.07, 6.45) is -0.855. The van der Waals surface area contributed by atoms with Crippen LogP contribution in [0.25, 0.3) is 0 Å². The van der Waals surface area contributed by atoms with Crippen molar-refractivity contribution in [3.05, 3.63) is 90.0 Å². The number of rotatable bonds is 6. The molecule has 3 rings (SSSR count). The van der Waals surface area contributed by atoms with Gasteiger partial charge in [0.15, 0.2) is 6.10 Å². The zero-order chi connectivity index (χ0) is 20.6. The lowest BCUT2D eigenvalue weighted by atomic mass is 10.1. The number of hydrogen-bond acceptors (Lipinski definition) is 4. The molecule has 0 aliphatic carbocycles. The summed E-state index contributed by atoms with van der Waals surface area (Å²) in [7, 11) is 0. The van der Waals surface area contributed by atoms with Crippen molar-refractivity contribution < 1.29 is 14.3 Å².